The summed E-state index contributed by atoms with van der Waals surface area (Å²) in [6, 6.07) is 15.0. The third-order valence-corrected chi connectivity index (χ3v) is 7.06. The zero-order valence-electron chi connectivity index (χ0n) is 23.1. The minimum absolute atomic E-state index is 0.0168. The first-order valence-electron chi connectivity index (χ1n) is 12.6. The normalized spacial score (nSPS) is 11.6. The minimum atomic E-state index is -4.16. The van der Waals surface area contributed by atoms with Gasteiger partial charge in [-0.15, -0.1) is 0 Å². The van der Waals surface area contributed by atoms with Crippen LogP contribution in [0.25, 0.3) is 11.6 Å². The average Bonchev–Trinajstić information content (AvgIpc) is 2.96. The number of nitrogens with one attached hydrogen (secondary N) is 1. The maximum absolute atomic E-state index is 13.6. The predicted octanol–water partition coefficient (Wildman–Crippen LogP) is 4.18. The lowest BCUT2D eigenvalue weighted by molar-refractivity contribution is -0.0132. The number of methoxy groups -OCH3 is 1. The fraction of sp³-hybridized carbons (Fsp3) is 0.286. The molecule has 0 fully saturated rings. The summed E-state index contributed by atoms with van der Waals surface area (Å²) >= 11 is 0. The molecule has 0 aliphatic heterocycles. The second-order valence-corrected chi connectivity index (χ2v) is 11.3. The molecule has 12 nitrogen and oxygen atoms in total. The number of aromatic nitrogens is 4. The van der Waals surface area contributed by atoms with Crippen LogP contribution < -0.4 is 18.9 Å². The quantitative estimate of drug-likeness (QED) is 0.183. The maximum atomic E-state index is 13.6. The topological polar surface area (TPSA) is 155 Å². The van der Waals surface area contributed by atoms with Gasteiger partial charge in [0.1, 0.15) is 13.4 Å². The summed E-state index contributed by atoms with van der Waals surface area (Å²) in [5.41, 5.74) is 0.817. The summed E-state index contributed by atoms with van der Waals surface area (Å²) in [6.07, 6.45) is 3.00. The number of para-hydroxylation sites is 2. The van der Waals surface area contributed by atoms with Crippen LogP contribution in [0.5, 0.6) is 23.1 Å². The summed E-state index contributed by atoms with van der Waals surface area (Å²) in [6.45, 7) is 5.59. The van der Waals surface area contributed by atoms with E-state index in [1.807, 2.05) is 20.8 Å². The molecule has 4 aromatic rings. The summed E-state index contributed by atoms with van der Waals surface area (Å²) in [5, 5.41) is 8.97. The fourth-order valence-electron chi connectivity index (χ4n) is 3.60. The molecule has 2 N–H and O–H groups in total. The van der Waals surface area contributed by atoms with Crippen molar-refractivity contribution in [1.29, 1.82) is 0 Å². The number of benzene rings is 2. The molecular formula is C28H31N5O7S. The van der Waals surface area contributed by atoms with Gasteiger partial charge in [0, 0.05) is 12.4 Å². The molecule has 0 spiro atoms. The molecule has 4 rings (SSSR count). The number of rotatable bonds is 12. The van der Waals surface area contributed by atoms with Gasteiger partial charge in [-0.25, -0.2) is 23.4 Å². The Morgan fingerprint density at radius 3 is 2.20 bits per heavy atom. The van der Waals surface area contributed by atoms with E-state index >= 15 is 0 Å². The van der Waals surface area contributed by atoms with Crippen molar-refractivity contribution in [3.05, 3.63) is 72.6 Å². The third kappa shape index (κ3) is 7.45. The Balaban J connectivity index is 1.84. The standard InChI is InChI=1S/C28H31N5O7S/c1-28(2,3)19-10-12-20(13-11-19)41(35,36)33-24-23(40-22-9-6-5-8-21(22)37-4)27(39-17-16-38-18-34)32-26(31-24)25-29-14-7-15-30-25/h5-15,34H,16-18H2,1-4H3,(H,31,32,33). The highest BCUT2D eigenvalue weighted by atomic mass is 32.2. The molecule has 0 saturated heterocycles. The molecule has 0 atom stereocenters. The number of hydrogen-bond donors (Lipinski definition) is 2. The smallest absolute Gasteiger partial charge is 0.263 e. The molecule has 2 aromatic carbocycles. The van der Waals surface area contributed by atoms with E-state index in [1.165, 1.54) is 31.6 Å². The zero-order chi connectivity index (χ0) is 29.5. The molecule has 41 heavy (non-hydrogen) atoms. The summed E-state index contributed by atoms with van der Waals surface area (Å²) in [4.78, 5) is 17.2. The highest BCUT2D eigenvalue weighted by molar-refractivity contribution is 7.92. The number of ether oxygens (including phenoxy) is 4. The summed E-state index contributed by atoms with van der Waals surface area (Å²) in [5.74, 6) is 0.285. The molecule has 0 amide bonds. The molecule has 0 aliphatic carbocycles. The lowest BCUT2D eigenvalue weighted by atomic mass is 9.87. The van der Waals surface area contributed by atoms with Crippen molar-refractivity contribution >= 4 is 15.8 Å². The number of sulfonamides is 1. The van der Waals surface area contributed by atoms with Crippen molar-refractivity contribution in [3.63, 3.8) is 0 Å². The van der Waals surface area contributed by atoms with E-state index in [4.69, 9.17) is 24.1 Å². The Morgan fingerprint density at radius 2 is 1.56 bits per heavy atom. The van der Waals surface area contributed by atoms with Crippen molar-refractivity contribution in [1.82, 2.24) is 19.9 Å². The number of aliphatic hydroxyl groups excluding tert-OH is 1. The number of aliphatic hydroxyl groups is 1. The van der Waals surface area contributed by atoms with Crippen LogP contribution in [0.4, 0.5) is 5.82 Å². The second kappa shape index (κ2) is 12.9. The molecule has 2 heterocycles. The summed E-state index contributed by atoms with van der Waals surface area (Å²) in [7, 11) is -2.68. The van der Waals surface area contributed by atoms with Crippen LogP contribution in [0.2, 0.25) is 0 Å². The van der Waals surface area contributed by atoms with Crippen molar-refractivity contribution in [3.8, 4) is 34.8 Å². The average molecular weight is 582 g/mol. The highest BCUT2D eigenvalue weighted by Gasteiger charge is 2.26. The fourth-order valence-corrected chi connectivity index (χ4v) is 4.60. The third-order valence-electron chi connectivity index (χ3n) is 5.70. The summed E-state index contributed by atoms with van der Waals surface area (Å²) < 4.78 is 52.0. The van der Waals surface area contributed by atoms with Crippen molar-refractivity contribution in [2.75, 3.05) is 31.8 Å². The Bertz CT molecular complexity index is 1560. The van der Waals surface area contributed by atoms with Gasteiger partial charge in [-0.2, -0.15) is 4.98 Å². The lowest BCUT2D eigenvalue weighted by Gasteiger charge is -2.20. The highest BCUT2D eigenvalue weighted by Crippen LogP contribution is 2.41. The van der Waals surface area contributed by atoms with E-state index in [-0.39, 0.29) is 58.4 Å². The maximum Gasteiger partial charge on any atom is 0.263 e. The molecule has 0 saturated carbocycles. The monoisotopic (exact) mass is 581 g/mol. The molecule has 0 unspecified atom stereocenters. The lowest BCUT2D eigenvalue weighted by Crippen LogP contribution is -2.17. The predicted molar refractivity (Wildman–Crippen MR) is 151 cm³/mol. The molecule has 2 aromatic heterocycles. The van der Waals surface area contributed by atoms with Gasteiger partial charge in [-0.3, -0.25) is 4.72 Å². The molecule has 0 aliphatic rings. The Kier molecular flexibility index (Phi) is 9.32. The van der Waals surface area contributed by atoms with Gasteiger partial charge >= 0.3 is 0 Å². The van der Waals surface area contributed by atoms with Crippen molar-refractivity contribution in [2.45, 2.75) is 31.1 Å². The molecule has 0 bridgehead atoms. The van der Waals surface area contributed by atoms with Crippen LogP contribution in [-0.2, 0) is 20.2 Å². The first-order chi connectivity index (χ1) is 19.6. The van der Waals surface area contributed by atoms with Crippen LogP contribution >= 0.6 is 0 Å². The SMILES string of the molecule is COc1ccccc1Oc1c(NS(=O)(=O)c2ccc(C(C)(C)C)cc2)nc(-c2ncccn2)nc1OCCOCO. The largest absolute Gasteiger partial charge is 0.493 e. The van der Waals surface area contributed by atoms with Crippen LogP contribution in [0.3, 0.4) is 0 Å². The van der Waals surface area contributed by atoms with Crippen molar-refractivity contribution < 1.29 is 32.5 Å². The number of hydrogen-bond acceptors (Lipinski definition) is 11. The van der Waals surface area contributed by atoms with E-state index < -0.39 is 16.8 Å². The number of anilines is 1. The van der Waals surface area contributed by atoms with Gasteiger partial charge in [0.15, 0.2) is 23.1 Å². The van der Waals surface area contributed by atoms with Gasteiger partial charge < -0.3 is 24.1 Å². The van der Waals surface area contributed by atoms with E-state index in [9.17, 15) is 8.42 Å². The van der Waals surface area contributed by atoms with Crippen LogP contribution in [0.15, 0.2) is 71.9 Å². The molecule has 13 heteroatoms. The van der Waals surface area contributed by atoms with Gasteiger partial charge in [0.05, 0.1) is 18.6 Å². The van der Waals surface area contributed by atoms with E-state index in [0.717, 1.165) is 5.56 Å². The van der Waals surface area contributed by atoms with E-state index in [0.29, 0.717) is 5.75 Å². The first-order valence-corrected chi connectivity index (χ1v) is 14.1. The van der Waals surface area contributed by atoms with Crippen LogP contribution in [0.1, 0.15) is 26.3 Å². The van der Waals surface area contributed by atoms with Crippen LogP contribution in [0, 0.1) is 0 Å². The second-order valence-electron chi connectivity index (χ2n) is 9.62. The van der Waals surface area contributed by atoms with Crippen molar-refractivity contribution in [2.24, 2.45) is 0 Å². The van der Waals surface area contributed by atoms with Gasteiger partial charge in [0.2, 0.25) is 11.6 Å². The minimum Gasteiger partial charge on any atom is -0.493 e. The first kappa shape index (κ1) is 29.6. The van der Waals surface area contributed by atoms with Gasteiger partial charge in [0.25, 0.3) is 15.9 Å². The van der Waals surface area contributed by atoms with E-state index in [1.54, 1.807) is 42.5 Å². The Hall–Kier alpha value is -4.33. The Labute approximate surface area is 238 Å². The van der Waals surface area contributed by atoms with Gasteiger partial charge in [-0.05, 0) is 41.3 Å². The zero-order valence-corrected chi connectivity index (χ0v) is 23.9. The van der Waals surface area contributed by atoms with Crippen LogP contribution in [-0.4, -0.2) is 60.6 Å². The van der Waals surface area contributed by atoms with Gasteiger partial charge in [-0.1, -0.05) is 45.0 Å². The molecular weight excluding hydrogens is 550 g/mol. The van der Waals surface area contributed by atoms with E-state index in [2.05, 4.69) is 24.7 Å². The molecule has 0 radical (unpaired) electrons. The number of nitrogens with zero attached hydrogens (tertiary/aromatic N) is 4. The Morgan fingerprint density at radius 1 is 0.878 bits per heavy atom. The molecule has 216 valence electrons.